The first-order valence-corrected chi connectivity index (χ1v) is 14.7. The summed E-state index contributed by atoms with van der Waals surface area (Å²) in [5.74, 6) is 1.89. The van der Waals surface area contributed by atoms with Gasteiger partial charge in [0.15, 0.2) is 0 Å². The van der Waals surface area contributed by atoms with Gasteiger partial charge in [-0.1, -0.05) is 74.7 Å². The van der Waals surface area contributed by atoms with E-state index in [0.29, 0.717) is 12.0 Å². The number of thioether (sulfide) groups is 1. The van der Waals surface area contributed by atoms with Gasteiger partial charge in [0, 0.05) is 17.1 Å². The molecule has 0 aliphatic rings. The number of carbonyl (C=O) groups is 1. The molecule has 0 aliphatic heterocycles. The smallest absolute Gasteiger partial charge is 0.264 e. The van der Waals surface area contributed by atoms with Crippen LogP contribution < -0.4 is 9.46 Å². The zero-order valence-corrected chi connectivity index (χ0v) is 22.0. The summed E-state index contributed by atoms with van der Waals surface area (Å²) in [6.45, 7) is 2.07. The number of hydrogen-bond donors (Lipinski definition) is 1. The minimum atomic E-state index is -3.60. The summed E-state index contributed by atoms with van der Waals surface area (Å²) in [6.07, 6.45) is 3.45. The Morgan fingerprint density at radius 3 is 2.26 bits per heavy atom. The van der Waals surface area contributed by atoms with E-state index in [-0.39, 0.29) is 5.75 Å². The molecule has 0 unspecified atom stereocenters. The molecule has 186 valence electrons. The molecule has 0 saturated carbocycles. The van der Waals surface area contributed by atoms with Gasteiger partial charge in [-0.25, -0.2) is 13.1 Å². The summed E-state index contributed by atoms with van der Waals surface area (Å²) in [7, 11) is -1.93. The van der Waals surface area contributed by atoms with Gasteiger partial charge in [-0.2, -0.15) is 11.8 Å². The highest BCUT2D eigenvalue weighted by Crippen LogP contribution is 2.26. The van der Waals surface area contributed by atoms with Gasteiger partial charge >= 0.3 is 0 Å². The van der Waals surface area contributed by atoms with E-state index in [9.17, 15) is 13.2 Å². The summed E-state index contributed by atoms with van der Waals surface area (Å²) in [5, 5.41) is 0. The highest BCUT2D eigenvalue weighted by Gasteiger charge is 2.15. The van der Waals surface area contributed by atoms with Gasteiger partial charge in [-0.05, 0) is 52.9 Å². The number of nitrogens with one attached hydrogen (secondary N) is 1. The van der Waals surface area contributed by atoms with Gasteiger partial charge in [-0.15, -0.1) is 0 Å². The molecule has 0 heterocycles. The molecule has 0 fully saturated rings. The first-order valence-electron chi connectivity index (χ1n) is 11.8. The Balaban J connectivity index is 1.50. The monoisotopic (exact) mass is 511 g/mol. The lowest BCUT2D eigenvalue weighted by molar-refractivity contribution is 0.0981. The third-order valence-corrected chi connectivity index (χ3v) is 8.00. The summed E-state index contributed by atoms with van der Waals surface area (Å²) < 4.78 is 31.8. The summed E-state index contributed by atoms with van der Waals surface area (Å²) >= 11 is 1.79. The highest BCUT2D eigenvalue weighted by molar-refractivity contribution is 7.97. The Morgan fingerprint density at radius 1 is 0.857 bits per heavy atom. The van der Waals surface area contributed by atoms with Crippen molar-refractivity contribution in [3.05, 3.63) is 89.5 Å². The van der Waals surface area contributed by atoms with Gasteiger partial charge in [-0.3, -0.25) is 4.79 Å². The fourth-order valence-corrected chi connectivity index (χ4v) is 5.68. The van der Waals surface area contributed by atoms with Crippen LogP contribution in [0.25, 0.3) is 11.1 Å². The van der Waals surface area contributed by atoms with Crippen molar-refractivity contribution in [1.82, 2.24) is 4.72 Å². The van der Waals surface area contributed by atoms with E-state index in [1.54, 1.807) is 31.0 Å². The molecular formula is C28H33NO4S2. The average Bonchev–Trinajstić information content (AvgIpc) is 2.87. The van der Waals surface area contributed by atoms with Gasteiger partial charge in [0.05, 0.1) is 12.9 Å². The van der Waals surface area contributed by atoms with Gasteiger partial charge < -0.3 is 4.74 Å². The van der Waals surface area contributed by atoms with Gasteiger partial charge in [0.25, 0.3) is 5.91 Å². The Hall–Kier alpha value is -2.77. The SMILES string of the molecule is CCCCCCS(=O)(=O)NC(=O)c1ccc(CSCc2cccc(-c3cccc(OC)c3)c2)cc1. The van der Waals surface area contributed by atoms with Crippen LogP contribution in [0.15, 0.2) is 72.8 Å². The molecule has 0 radical (unpaired) electrons. The molecule has 0 spiro atoms. The molecule has 0 bridgehead atoms. The third kappa shape index (κ3) is 8.75. The van der Waals surface area contributed by atoms with Crippen LogP contribution in [0.1, 0.15) is 54.1 Å². The number of sulfonamides is 1. The Morgan fingerprint density at radius 2 is 1.54 bits per heavy atom. The van der Waals surface area contributed by atoms with E-state index in [4.69, 9.17) is 4.74 Å². The van der Waals surface area contributed by atoms with E-state index < -0.39 is 15.9 Å². The summed E-state index contributed by atoms with van der Waals surface area (Å²) in [5.41, 5.74) is 4.93. The number of benzene rings is 3. The van der Waals surface area contributed by atoms with E-state index in [1.165, 1.54) is 5.56 Å². The molecule has 35 heavy (non-hydrogen) atoms. The lowest BCUT2D eigenvalue weighted by atomic mass is 10.0. The number of rotatable bonds is 13. The molecule has 5 nitrogen and oxygen atoms in total. The van der Waals surface area contributed by atoms with Crippen molar-refractivity contribution in [2.75, 3.05) is 12.9 Å². The van der Waals surface area contributed by atoms with Crippen LogP contribution in [0, 0.1) is 0 Å². The normalized spacial score (nSPS) is 11.3. The van der Waals surface area contributed by atoms with E-state index in [1.807, 2.05) is 30.3 Å². The number of methoxy groups -OCH3 is 1. The van der Waals surface area contributed by atoms with Crippen molar-refractivity contribution < 1.29 is 17.9 Å². The minimum Gasteiger partial charge on any atom is -0.497 e. The van der Waals surface area contributed by atoms with Crippen molar-refractivity contribution in [1.29, 1.82) is 0 Å². The molecule has 1 N–H and O–H groups in total. The quantitative estimate of drug-likeness (QED) is 0.268. The summed E-state index contributed by atoms with van der Waals surface area (Å²) in [4.78, 5) is 12.3. The number of ether oxygens (including phenoxy) is 1. The molecule has 7 heteroatoms. The lowest BCUT2D eigenvalue weighted by Gasteiger charge is -2.09. The first kappa shape index (κ1) is 26.8. The van der Waals surface area contributed by atoms with Crippen LogP contribution >= 0.6 is 11.8 Å². The lowest BCUT2D eigenvalue weighted by Crippen LogP contribution is -2.32. The molecule has 0 saturated heterocycles. The Kier molecular flexibility index (Phi) is 10.2. The second-order valence-electron chi connectivity index (χ2n) is 8.43. The molecule has 3 aromatic rings. The van der Waals surface area contributed by atoms with Crippen LogP contribution in [0.3, 0.4) is 0 Å². The summed E-state index contributed by atoms with van der Waals surface area (Å²) in [6, 6.07) is 23.6. The zero-order chi connectivity index (χ0) is 25.1. The number of hydrogen-bond acceptors (Lipinski definition) is 5. The molecule has 3 rings (SSSR count). The number of unbranched alkanes of at least 4 members (excludes halogenated alkanes) is 3. The van der Waals surface area contributed by atoms with Crippen LogP contribution in [0.2, 0.25) is 0 Å². The van der Waals surface area contributed by atoms with Crippen molar-refractivity contribution in [3.63, 3.8) is 0 Å². The molecular weight excluding hydrogens is 478 g/mol. The first-order chi connectivity index (χ1) is 16.9. The van der Waals surface area contributed by atoms with Crippen molar-refractivity contribution >= 4 is 27.7 Å². The molecule has 1 amide bonds. The fraction of sp³-hybridized carbons (Fsp3) is 0.321. The largest absolute Gasteiger partial charge is 0.497 e. The third-order valence-electron chi connectivity index (χ3n) is 5.60. The van der Waals surface area contributed by atoms with Gasteiger partial charge in [0.1, 0.15) is 5.75 Å². The van der Waals surface area contributed by atoms with Crippen molar-refractivity contribution in [2.24, 2.45) is 0 Å². The minimum absolute atomic E-state index is 0.0213. The molecule has 0 aromatic heterocycles. The maximum Gasteiger partial charge on any atom is 0.264 e. The standard InChI is InChI=1S/C28H33NO4S2/c1-3-4-5-6-17-35(31,32)29-28(30)24-15-13-22(14-16-24)20-34-21-23-9-7-10-25(18-23)26-11-8-12-27(19-26)33-2/h7-16,18-19H,3-6,17,20-21H2,1-2H3,(H,29,30). The molecule has 3 aromatic carbocycles. The number of amides is 1. The maximum absolute atomic E-state index is 12.3. The molecule has 0 aliphatic carbocycles. The fourth-order valence-electron chi connectivity index (χ4n) is 3.65. The van der Waals surface area contributed by atoms with Crippen LogP contribution in [0.4, 0.5) is 0 Å². The van der Waals surface area contributed by atoms with E-state index >= 15 is 0 Å². The second kappa shape index (κ2) is 13.4. The van der Waals surface area contributed by atoms with Gasteiger partial charge in [0.2, 0.25) is 10.0 Å². The van der Waals surface area contributed by atoms with Crippen LogP contribution in [0.5, 0.6) is 5.75 Å². The van der Waals surface area contributed by atoms with Crippen molar-refractivity contribution in [2.45, 2.75) is 44.1 Å². The maximum atomic E-state index is 12.3. The topological polar surface area (TPSA) is 72.5 Å². The second-order valence-corrected chi connectivity index (χ2v) is 11.3. The predicted octanol–water partition coefficient (Wildman–Crippen LogP) is 6.44. The Bertz CT molecular complexity index is 1210. The van der Waals surface area contributed by atoms with E-state index in [0.717, 1.165) is 53.2 Å². The van der Waals surface area contributed by atoms with E-state index in [2.05, 4.69) is 42.0 Å². The molecule has 0 atom stereocenters. The average molecular weight is 512 g/mol. The zero-order valence-electron chi connectivity index (χ0n) is 20.3. The van der Waals surface area contributed by atoms with Crippen LogP contribution in [-0.4, -0.2) is 27.2 Å². The Labute approximate surface area is 213 Å². The number of carbonyl (C=O) groups excluding carboxylic acids is 1. The predicted molar refractivity (Wildman–Crippen MR) is 145 cm³/mol. The van der Waals surface area contributed by atoms with Crippen LogP contribution in [-0.2, 0) is 21.5 Å². The highest BCUT2D eigenvalue weighted by atomic mass is 32.2. The van der Waals surface area contributed by atoms with Crippen molar-refractivity contribution in [3.8, 4) is 16.9 Å².